The number of carbonyl (C=O) groups excluding carboxylic acids is 2. The van der Waals surface area contributed by atoms with Crippen LogP contribution in [0.2, 0.25) is 10.0 Å². The third-order valence-corrected chi connectivity index (χ3v) is 8.28. The lowest BCUT2D eigenvalue weighted by Gasteiger charge is -2.31. The Hall–Kier alpha value is -2.69. The van der Waals surface area contributed by atoms with E-state index in [9.17, 15) is 18.0 Å². The number of sulfonamides is 1. The van der Waals surface area contributed by atoms with Gasteiger partial charge in [0.25, 0.3) is 0 Å². The van der Waals surface area contributed by atoms with Gasteiger partial charge in [-0.15, -0.1) is 0 Å². The van der Waals surface area contributed by atoms with E-state index in [0.29, 0.717) is 40.2 Å². The minimum Gasteiger partial charge on any atom is -0.454 e. The number of rotatable bonds is 14. The molecule has 214 valence electrons. The number of halogens is 2. The number of anilines is 1. The van der Waals surface area contributed by atoms with Crippen LogP contribution >= 0.6 is 23.2 Å². The molecule has 0 saturated heterocycles. The van der Waals surface area contributed by atoms with E-state index in [0.717, 1.165) is 24.7 Å². The maximum absolute atomic E-state index is 13.5. The number of hydrogen-bond donors (Lipinski definition) is 1. The molecule has 0 aromatic heterocycles. The monoisotopic (exact) mass is 599 g/mol. The molecule has 39 heavy (non-hydrogen) atoms. The van der Waals surface area contributed by atoms with E-state index in [4.69, 9.17) is 32.7 Å². The predicted molar refractivity (Wildman–Crippen MR) is 153 cm³/mol. The first kappa shape index (κ1) is 30.8. The number of hydrogen-bond acceptors (Lipinski definition) is 6. The second-order valence-corrected chi connectivity index (χ2v) is 12.0. The van der Waals surface area contributed by atoms with Gasteiger partial charge in [0.1, 0.15) is 6.04 Å². The van der Waals surface area contributed by atoms with Crippen molar-refractivity contribution in [3.8, 4) is 11.5 Å². The van der Waals surface area contributed by atoms with Crippen LogP contribution in [0.4, 0.5) is 5.69 Å². The zero-order chi connectivity index (χ0) is 28.6. The number of benzene rings is 2. The number of nitrogens with one attached hydrogen (secondary N) is 1. The van der Waals surface area contributed by atoms with Gasteiger partial charge in [0, 0.05) is 32.1 Å². The van der Waals surface area contributed by atoms with Crippen molar-refractivity contribution in [1.82, 2.24) is 10.2 Å². The highest BCUT2D eigenvalue weighted by Gasteiger charge is 2.29. The molecular formula is C27H35Cl2N3O6S. The molecule has 0 spiro atoms. The van der Waals surface area contributed by atoms with Gasteiger partial charge in [0.15, 0.2) is 11.5 Å². The molecule has 0 radical (unpaired) electrons. The van der Waals surface area contributed by atoms with Crippen LogP contribution in [0.25, 0.3) is 0 Å². The lowest BCUT2D eigenvalue weighted by atomic mass is 10.1. The van der Waals surface area contributed by atoms with Gasteiger partial charge in [-0.05, 0) is 49.1 Å². The Morgan fingerprint density at radius 2 is 1.77 bits per heavy atom. The molecule has 1 unspecified atom stereocenters. The molecule has 1 aliphatic heterocycles. The standard InChI is InChI=1S/C27H35Cl2N3O6S/c1-4-6-13-30-27(34)23(5-2)31(17-19-9-11-21(28)22(29)15-19)26(33)8-7-14-32(39(3,35)36)20-10-12-24-25(16-20)38-18-37-24/h9-12,15-16,23H,4-8,13-14,17-18H2,1-3H3,(H,30,34). The van der Waals surface area contributed by atoms with Crippen LogP contribution in [0.1, 0.15) is 51.5 Å². The molecule has 2 aromatic carbocycles. The van der Waals surface area contributed by atoms with E-state index >= 15 is 0 Å². The summed E-state index contributed by atoms with van der Waals surface area (Å²) in [5, 5.41) is 3.67. The van der Waals surface area contributed by atoms with Gasteiger partial charge in [-0.3, -0.25) is 13.9 Å². The number of carbonyl (C=O) groups is 2. The van der Waals surface area contributed by atoms with Crippen LogP contribution in [0, 0.1) is 0 Å². The molecule has 3 rings (SSSR count). The number of fused-ring (bicyclic) bond motifs is 1. The molecule has 0 fully saturated rings. The number of amides is 2. The SMILES string of the molecule is CCCCNC(=O)C(CC)N(Cc1ccc(Cl)c(Cl)c1)C(=O)CCCN(c1ccc2c(c1)OCO2)S(C)(=O)=O. The minimum atomic E-state index is -3.64. The Kier molecular flexibility index (Phi) is 11.1. The molecular weight excluding hydrogens is 565 g/mol. The van der Waals surface area contributed by atoms with Crippen LogP contribution in [0.5, 0.6) is 11.5 Å². The molecule has 1 atom stereocenters. The fourth-order valence-electron chi connectivity index (χ4n) is 4.30. The highest BCUT2D eigenvalue weighted by Crippen LogP contribution is 2.36. The normalized spacial score (nSPS) is 13.2. The van der Waals surface area contributed by atoms with E-state index in [1.165, 1.54) is 9.21 Å². The maximum atomic E-state index is 13.5. The summed E-state index contributed by atoms with van der Waals surface area (Å²) in [6.07, 6.45) is 3.58. The molecule has 12 heteroatoms. The Balaban J connectivity index is 1.76. The van der Waals surface area contributed by atoms with Gasteiger partial charge < -0.3 is 19.7 Å². The second-order valence-electron chi connectivity index (χ2n) is 9.31. The van der Waals surface area contributed by atoms with Crippen LogP contribution < -0.4 is 19.1 Å². The molecule has 0 aliphatic carbocycles. The summed E-state index contributed by atoms with van der Waals surface area (Å²) in [5.41, 5.74) is 1.15. The van der Waals surface area contributed by atoms with Crippen molar-refractivity contribution >= 4 is 50.7 Å². The summed E-state index contributed by atoms with van der Waals surface area (Å²) in [7, 11) is -3.64. The highest BCUT2D eigenvalue weighted by atomic mass is 35.5. The molecule has 2 amide bonds. The first-order valence-electron chi connectivity index (χ1n) is 12.9. The van der Waals surface area contributed by atoms with E-state index in [1.54, 1.807) is 36.4 Å². The fourth-order valence-corrected chi connectivity index (χ4v) is 5.58. The molecule has 0 saturated carbocycles. The molecule has 9 nitrogen and oxygen atoms in total. The molecule has 0 bridgehead atoms. The summed E-state index contributed by atoms with van der Waals surface area (Å²) in [6, 6.07) is 9.31. The van der Waals surface area contributed by atoms with Gasteiger partial charge in [0.05, 0.1) is 22.0 Å². The van der Waals surface area contributed by atoms with Crippen LogP contribution in [0.3, 0.4) is 0 Å². The zero-order valence-corrected chi connectivity index (χ0v) is 24.7. The van der Waals surface area contributed by atoms with Gasteiger partial charge >= 0.3 is 0 Å². The lowest BCUT2D eigenvalue weighted by Crippen LogP contribution is -2.49. The number of nitrogens with zero attached hydrogens (tertiary/aromatic N) is 2. The Morgan fingerprint density at radius 3 is 2.44 bits per heavy atom. The largest absolute Gasteiger partial charge is 0.454 e. The topological polar surface area (TPSA) is 105 Å². The van der Waals surface area contributed by atoms with Gasteiger partial charge in [-0.25, -0.2) is 8.42 Å². The lowest BCUT2D eigenvalue weighted by molar-refractivity contribution is -0.141. The van der Waals surface area contributed by atoms with E-state index in [1.807, 2.05) is 13.8 Å². The first-order chi connectivity index (χ1) is 18.5. The van der Waals surface area contributed by atoms with Crippen LogP contribution in [0.15, 0.2) is 36.4 Å². The smallest absolute Gasteiger partial charge is 0.242 e. The minimum absolute atomic E-state index is 0.0383. The van der Waals surface area contributed by atoms with Gasteiger partial charge in [0.2, 0.25) is 28.6 Å². The second kappa shape index (κ2) is 14.1. The summed E-state index contributed by atoms with van der Waals surface area (Å²) in [4.78, 5) is 28.1. The summed E-state index contributed by atoms with van der Waals surface area (Å²) >= 11 is 12.3. The van der Waals surface area contributed by atoms with Gasteiger partial charge in [-0.1, -0.05) is 49.5 Å². The van der Waals surface area contributed by atoms with Crippen LogP contribution in [-0.4, -0.2) is 57.3 Å². The zero-order valence-electron chi connectivity index (χ0n) is 22.4. The highest BCUT2D eigenvalue weighted by molar-refractivity contribution is 7.92. The Bertz CT molecular complexity index is 1270. The van der Waals surface area contributed by atoms with Crippen molar-refractivity contribution in [3.05, 3.63) is 52.0 Å². The summed E-state index contributed by atoms with van der Waals surface area (Å²) in [5.74, 6) is 0.517. The molecule has 1 aliphatic rings. The van der Waals surface area contributed by atoms with E-state index < -0.39 is 16.1 Å². The quantitative estimate of drug-likeness (QED) is 0.307. The van der Waals surface area contributed by atoms with Crippen molar-refractivity contribution in [2.24, 2.45) is 0 Å². The summed E-state index contributed by atoms with van der Waals surface area (Å²) < 4.78 is 37.1. The average molecular weight is 601 g/mol. The molecule has 2 aromatic rings. The van der Waals surface area contributed by atoms with Crippen molar-refractivity contribution in [1.29, 1.82) is 0 Å². The number of ether oxygens (including phenoxy) is 2. The molecule has 1 N–H and O–H groups in total. The Morgan fingerprint density at radius 1 is 1.03 bits per heavy atom. The van der Waals surface area contributed by atoms with Crippen LogP contribution in [-0.2, 0) is 26.2 Å². The third kappa shape index (κ3) is 8.40. The van der Waals surface area contributed by atoms with Crippen molar-refractivity contribution in [2.75, 3.05) is 30.4 Å². The van der Waals surface area contributed by atoms with Crippen molar-refractivity contribution < 1.29 is 27.5 Å². The van der Waals surface area contributed by atoms with E-state index in [2.05, 4.69) is 5.32 Å². The Labute approximate surface area is 240 Å². The average Bonchev–Trinajstić information content (AvgIpc) is 3.36. The fraction of sp³-hybridized carbons (Fsp3) is 0.481. The maximum Gasteiger partial charge on any atom is 0.242 e. The molecule has 1 heterocycles. The summed E-state index contributed by atoms with van der Waals surface area (Å²) in [6.45, 7) is 4.72. The van der Waals surface area contributed by atoms with E-state index in [-0.39, 0.29) is 44.5 Å². The van der Waals surface area contributed by atoms with Gasteiger partial charge in [-0.2, -0.15) is 0 Å². The third-order valence-electron chi connectivity index (χ3n) is 6.35. The van der Waals surface area contributed by atoms with Crippen molar-refractivity contribution in [3.63, 3.8) is 0 Å². The predicted octanol–water partition coefficient (Wildman–Crippen LogP) is 4.99. The number of unbranched alkanes of at least 4 members (excludes halogenated alkanes) is 1. The van der Waals surface area contributed by atoms with Crippen molar-refractivity contribution in [2.45, 2.75) is 58.5 Å². The first-order valence-corrected chi connectivity index (χ1v) is 15.5.